The van der Waals surface area contributed by atoms with Crippen LogP contribution in [0.3, 0.4) is 0 Å². The summed E-state index contributed by atoms with van der Waals surface area (Å²) in [7, 11) is 0. The number of aliphatic hydroxyl groups excluding tert-OH is 1. The molecule has 90 valence electrons. The minimum Gasteiger partial charge on any atom is -0.388 e. The van der Waals surface area contributed by atoms with Gasteiger partial charge in [0.05, 0.1) is 11.1 Å². The number of aromatic nitrogens is 2. The van der Waals surface area contributed by atoms with Crippen molar-refractivity contribution in [3.8, 4) is 11.5 Å². The zero-order valence-electron chi connectivity index (χ0n) is 8.40. The Morgan fingerprint density at radius 2 is 1.94 bits per heavy atom. The lowest BCUT2D eigenvalue weighted by Crippen LogP contribution is -2.06. The van der Waals surface area contributed by atoms with Crippen LogP contribution in [0.4, 0.5) is 13.2 Å². The zero-order chi connectivity index (χ0) is 12.5. The summed E-state index contributed by atoms with van der Waals surface area (Å²) in [4.78, 5) is 3.65. The van der Waals surface area contributed by atoms with E-state index in [1.54, 1.807) is 0 Å². The second kappa shape index (κ2) is 4.17. The minimum atomic E-state index is -4.50. The van der Waals surface area contributed by atoms with Gasteiger partial charge < -0.3 is 9.63 Å². The molecule has 2 aromatic rings. The standard InChI is InChI=1S/C10H7F3N2O2/c11-10(12,13)7-4-2-1-3-6(7)9-14-8(5-16)15-17-9/h1-4,16H,5H2. The average molecular weight is 244 g/mol. The number of rotatable bonds is 2. The van der Waals surface area contributed by atoms with Gasteiger partial charge in [-0.15, -0.1) is 0 Å². The summed E-state index contributed by atoms with van der Waals surface area (Å²) >= 11 is 0. The Kier molecular flexibility index (Phi) is 2.84. The first-order chi connectivity index (χ1) is 8.02. The molecule has 1 heterocycles. The maximum absolute atomic E-state index is 12.7. The van der Waals surface area contributed by atoms with Crippen LogP contribution in [0.15, 0.2) is 28.8 Å². The first-order valence-electron chi connectivity index (χ1n) is 4.62. The van der Waals surface area contributed by atoms with E-state index >= 15 is 0 Å². The molecule has 0 aliphatic heterocycles. The largest absolute Gasteiger partial charge is 0.417 e. The third-order valence-corrected chi connectivity index (χ3v) is 2.07. The number of nitrogens with zero attached hydrogens (tertiary/aromatic N) is 2. The molecule has 0 radical (unpaired) electrons. The van der Waals surface area contributed by atoms with E-state index in [1.807, 2.05) is 0 Å². The van der Waals surface area contributed by atoms with Crippen molar-refractivity contribution in [3.05, 3.63) is 35.7 Å². The minimum absolute atomic E-state index is 0.0584. The van der Waals surface area contributed by atoms with Crippen LogP contribution in [-0.4, -0.2) is 15.2 Å². The van der Waals surface area contributed by atoms with Gasteiger partial charge in [0, 0.05) is 0 Å². The Labute approximate surface area is 93.7 Å². The fraction of sp³-hybridized carbons (Fsp3) is 0.200. The molecule has 0 unspecified atom stereocenters. The Morgan fingerprint density at radius 1 is 1.24 bits per heavy atom. The van der Waals surface area contributed by atoms with Crippen molar-refractivity contribution in [2.45, 2.75) is 12.8 Å². The second-order valence-electron chi connectivity index (χ2n) is 3.22. The number of alkyl halides is 3. The molecule has 0 bridgehead atoms. The van der Waals surface area contributed by atoms with Crippen LogP contribution < -0.4 is 0 Å². The molecule has 0 fully saturated rings. The van der Waals surface area contributed by atoms with Crippen LogP contribution in [0, 0.1) is 0 Å². The number of halogens is 3. The molecule has 0 aliphatic carbocycles. The monoisotopic (exact) mass is 244 g/mol. The van der Waals surface area contributed by atoms with Gasteiger partial charge in [0.25, 0.3) is 5.89 Å². The molecular formula is C10H7F3N2O2. The molecule has 0 atom stereocenters. The maximum Gasteiger partial charge on any atom is 0.417 e. The van der Waals surface area contributed by atoms with Crippen LogP contribution >= 0.6 is 0 Å². The lowest BCUT2D eigenvalue weighted by Gasteiger charge is -2.09. The van der Waals surface area contributed by atoms with E-state index in [0.29, 0.717) is 0 Å². The molecule has 0 saturated heterocycles. The number of hydrogen-bond donors (Lipinski definition) is 1. The summed E-state index contributed by atoms with van der Waals surface area (Å²) in [5.41, 5.74) is -1.06. The Hall–Kier alpha value is -1.89. The van der Waals surface area contributed by atoms with Crippen molar-refractivity contribution in [1.82, 2.24) is 10.1 Å². The third-order valence-electron chi connectivity index (χ3n) is 2.07. The van der Waals surface area contributed by atoms with Gasteiger partial charge in [0.15, 0.2) is 5.82 Å². The fourth-order valence-electron chi connectivity index (χ4n) is 1.34. The van der Waals surface area contributed by atoms with Crippen molar-refractivity contribution in [3.63, 3.8) is 0 Å². The van der Waals surface area contributed by atoms with Gasteiger partial charge in [0.2, 0.25) is 0 Å². The molecule has 1 aromatic heterocycles. The predicted molar refractivity (Wildman–Crippen MR) is 50.7 cm³/mol. The quantitative estimate of drug-likeness (QED) is 0.880. The molecule has 7 heteroatoms. The van der Waals surface area contributed by atoms with Crippen molar-refractivity contribution in [1.29, 1.82) is 0 Å². The van der Waals surface area contributed by atoms with Crippen LogP contribution in [0.1, 0.15) is 11.4 Å². The Balaban J connectivity index is 2.52. The summed E-state index contributed by atoms with van der Waals surface area (Å²) in [5.74, 6) is -0.320. The molecule has 0 aliphatic rings. The van der Waals surface area contributed by atoms with Crippen LogP contribution in [0.25, 0.3) is 11.5 Å². The normalized spacial score (nSPS) is 11.8. The lowest BCUT2D eigenvalue weighted by atomic mass is 10.1. The Morgan fingerprint density at radius 3 is 2.53 bits per heavy atom. The highest BCUT2D eigenvalue weighted by Crippen LogP contribution is 2.36. The highest BCUT2D eigenvalue weighted by atomic mass is 19.4. The van der Waals surface area contributed by atoms with Crippen molar-refractivity contribution in [2.75, 3.05) is 0 Å². The summed E-state index contributed by atoms with van der Waals surface area (Å²) in [5, 5.41) is 12.1. The van der Waals surface area contributed by atoms with Crippen molar-refractivity contribution >= 4 is 0 Å². The molecule has 1 N–H and O–H groups in total. The van der Waals surface area contributed by atoms with E-state index in [1.165, 1.54) is 18.2 Å². The summed E-state index contributed by atoms with van der Waals surface area (Å²) in [6.07, 6.45) is -4.50. The van der Waals surface area contributed by atoms with Gasteiger partial charge >= 0.3 is 6.18 Å². The number of benzene rings is 1. The zero-order valence-corrected chi connectivity index (χ0v) is 8.40. The maximum atomic E-state index is 12.7. The van der Waals surface area contributed by atoms with Crippen LogP contribution in [0.2, 0.25) is 0 Å². The SMILES string of the molecule is OCc1noc(-c2ccccc2C(F)(F)F)n1. The van der Waals surface area contributed by atoms with Crippen molar-refractivity contribution < 1.29 is 22.8 Å². The first-order valence-corrected chi connectivity index (χ1v) is 4.62. The highest BCUT2D eigenvalue weighted by Gasteiger charge is 2.34. The molecule has 1 aromatic carbocycles. The molecule has 0 saturated carbocycles. The predicted octanol–water partition coefficient (Wildman–Crippen LogP) is 2.25. The van der Waals surface area contributed by atoms with Crippen LogP contribution in [-0.2, 0) is 12.8 Å². The highest BCUT2D eigenvalue weighted by molar-refractivity contribution is 5.59. The Bertz CT molecular complexity index is 522. The number of aliphatic hydroxyl groups is 1. The lowest BCUT2D eigenvalue weighted by molar-refractivity contribution is -0.137. The van der Waals surface area contributed by atoms with E-state index in [0.717, 1.165) is 6.07 Å². The van der Waals surface area contributed by atoms with Gasteiger partial charge in [-0.1, -0.05) is 17.3 Å². The number of hydrogen-bond acceptors (Lipinski definition) is 4. The van der Waals surface area contributed by atoms with Crippen LogP contribution in [0.5, 0.6) is 0 Å². The van der Waals surface area contributed by atoms with Gasteiger partial charge in [-0.25, -0.2) is 0 Å². The van der Waals surface area contributed by atoms with Crippen molar-refractivity contribution in [2.24, 2.45) is 0 Å². The smallest absolute Gasteiger partial charge is 0.388 e. The van der Waals surface area contributed by atoms with Gasteiger partial charge in [0.1, 0.15) is 6.61 Å². The first kappa shape index (κ1) is 11.6. The third kappa shape index (κ3) is 2.28. The molecular weight excluding hydrogens is 237 g/mol. The fourth-order valence-corrected chi connectivity index (χ4v) is 1.34. The molecule has 2 rings (SSSR count). The van der Waals surface area contributed by atoms with E-state index in [-0.39, 0.29) is 17.3 Å². The molecule has 17 heavy (non-hydrogen) atoms. The van der Waals surface area contributed by atoms with E-state index < -0.39 is 18.3 Å². The molecule has 0 spiro atoms. The molecule has 4 nitrogen and oxygen atoms in total. The second-order valence-corrected chi connectivity index (χ2v) is 3.22. The summed E-state index contributed by atoms with van der Waals surface area (Å²) in [6.45, 7) is -0.488. The van der Waals surface area contributed by atoms with Gasteiger partial charge in [-0.3, -0.25) is 0 Å². The van der Waals surface area contributed by atoms with E-state index in [2.05, 4.69) is 14.7 Å². The van der Waals surface area contributed by atoms with E-state index in [9.17, 15) is 13.2 Å². The van der Waals surface area contributed by atoms with Gasteiger partial charge in [-0.2, -0.15) is 18.2 Å². The topological polar surface area (TPSA) is 59.2 Å². The average Bonchev–Trinajstić information content (AvgIpc) is 2.76. The van der Waals surface area contributed by atoms with E-state index in [4.69, 9.17) is 5.11 Å². The van der Waals surface area contributed by atoms with Gasteiger partial charge in [-0.05, 0) is 12.1 Å². The summed E-state index contributed by atoms with van der Waals surface area (Å²) < 4.78 is 42.7. The summed E-state index contributed by atoms with van der Waals surface area (Å²) in [6, 6.07) is 4.87. The molecule has 0 amide bonds.